The zero-order valence-corrected chi connectivity index (χ0v) is 16.0. The molecule has 6 nitrogen and oxygen atoms in total. The van der Waals surface area contributed by atoms with Crippen molar-refractivity contribution in [2.24, 2.45) is 0 Å². The summed E-state index contributed by atoms with van der Waals surface area (Å²) in [6, 6.07) is 11.9. The Morgan fingerprint density at radius 3 is 2.52 bits per heavy atom. The molecule has 27 heavy (non-hydrogen) atoms. The zero-order valence-electron chi connectivity index (χ0n) is 16.0. The third kappa shape index (κ3) is 3.27. The largest absolute Gasteiger partial charge is 0.377 e. The summed E-state index contributed by atoms with van der Waals surface area (Å²) in [4.78, 5) is 21.3. The summed E-state index contributed by atoms with van der Waals surface area (Å²) >= 11 is 0. The van der Waals surface area contributed by atoms with Crippen LogP contribution in [0.1, 0.15) is 47.3 Å². The molecule has 0 radical (unpaired) electrons. The molecule has 0 unspecified atom stereocenters. The van der Waals surface area contributed by atoms with E-state index in [1.807, 2.05) is 50.5 Å². The van der Waals surface area contributed by atoms with E-state index >= 15 is 0 Å². The van der Waals surface area contributed by atoms with Gasteiger partial charge in [0.2, 0.25) is 5.89 Å². The first-order valence-electron chi connectivity index (χ1n) is 9.31. The molecule has 1 amide bonds. The maximum absolute atomic E-state index is 13.1. The summed E-state index contributed by atoms with van der Waals surface area (Å²) in [6.07, 6.45) is 3.44. The van der Waals surface area contributed by atoms with Gasteiger partial charge in [-0.15, -0.1) is 0 Å². The Kier molecular flexibility index (Phi) is 4.56. The lowest BCUT2D eigenvalue weighted by Crippen LogP contribution is -2.27. The lowest BCUT2D eigenvalue weighted by molar-refractivity contribution is 0.0782. The van der Waals surface area contributed by atoms with Crippen LogP contribution in [0.25, 0.3) is 10.8 Å². The quantitative estimate of drug-likeness (QED) is 0.688. The van der Waals surface area contributed by atoms with Crippen LogP contribution in [0.2, 0.25) is 0 Å². The number of hydrogen-bond donors (Lipinski definition) is 0. The molecule has 1 saturated carbocycles. The molecule has 0 saturated heterocycles. The topological polar surface area (TPSA) is 62.5 Å². The number of hydrogen-bond acceptors (Lipinski definition) is 5. The van der Waals surface area contributed by atoms with E-state index in [9.17, 15) is 4.79 Å². The second-order valence-electron chi connectivity index (χ2n) is 7.41. The van der Waals surface area contributed by atoms with E-state index in [2.05, 4.69) is 15.0 Å². The third-order valence-electron chi connectivity index (χ3n) is 5.28. The number of benzene rings is 2. The second-order valence-corrected chi connectivity index (χ2v) is 7.41. The van der Waals surface area contributed by atoms with Gasteiger partial charge in [-0.1, -0.05) is 35.8 Å². The first-order chi connectivity index (χ1) is 13.0. The molecule has 1 fully saturated rings. The molecule has 1 heterocycles. The van der Waals surface area contributed by atoms with Crippen molar-refractivity contribution in [3.8, 4) is 0 Å². The van der Waals surface area contributed by atoms with Crippen molar-refractivity contribution in [3.63, 3.8) is 0 Å². The number of carbonyl (C=O) groups excluding carboxylic acids is 1. The van der Waals surface area contributed by atoms with Gasteiger partial charge < -0.3 is 14.3 Å². The van der Waals surface area contributed by atoms with Crippen LogP contribution in [0, 0.1) is 0 Å². The van der Waals surface area contributed by atoms with Gasteiger partial charge in [0, 0.05) is 43.7 Å². The van der Waals surface area contributed by atoms with Gasteiger partial charge in [0.15, 0.2) is 5.82 Å². The van der Waals surface area contributed by atoms with Crippen molar-refractivity contribution in [3.05, 3.63) is 53.7 Å². The van der Waals surface area contributed by atoms with E-state index in [0.29, 0.717) is 29.7 Å². The van der Waals surface area contributed by atoms with Gasteiger partial charge >= 0.3 is 0 Å². The SMILES string of the molecule is CN(Cc1noc(C2CCC2)n1)C(=O)c1ccc(N(C)C)c2ccccc12. The van der Waals surface area contributed by atoms with Gasteiger partial charge in [0.05, 0.1) is 6.54 Å². The van der Waals surface area contributed by atoms with Crippen LogP contribution < -0.4 is 4.90 Å². The summed E-state index contributed by atoms with van der Waals surface area (Å²) in [5.41, 5.74) is 1.77. The zero-order chi connectivity index (χ0) is 19.0. The number of rotatable bonds is 5. The van der Waals surface area contributed by atoms with Crippen LogP contribution in [0.5, 0.6) is 0 Å². The van der Waals surface area contributed by atoms with E-state index in [1.165, 1.54) is 6.42 Å². The third-order valence-corrected chi connectivity index (χ3v) is 5.28. The van der Waals surface area contributed by atoms with Crippen molar-refractivity contribution in [2.45, 2.75) is 31.7 Å². The van der Waals surface area contributed by atoms with Crippen LogP contribution in [0.4, 0.5) is 5.69 Å². The molecule has 0 N–H and O–H groups in total. The van der Waals surface area contributed by atoms with E-state index in [-0.39, 0.29) is 5.91 Å². The van der Waals surface area contributed by atoms with E-state index in [1.54, 1.807) is 11.9 Å². The van der Waals surface area contributed by atoms with Gasteiger partial charge in [0.1, 0.15) is 0 Å². The Morgan fingerprint density at radius 2 is 1.85 bits per heavy atom. The molecule has 6 heteroatoms. The second kappa shape index (κ2) is 7.02. The summed E-state index contributed by atoms with van der Waals surface area (Å²) in [5.74, 6) is 1.61. The average Bonchev–Trinajstić information content (AvgIpc) is 3.06. The Hall–Kier alpha value is -2.89. The lowest BCUT2D eigenvalue weighted by Gasteiger charge is -2.21. The molecule has 1 aromatic heterocycles. The van der Waals surface area contributed by atoms with Crippen molar-refractivity contribution in [1.82, 2.24) is 15.0 Å². The van der Waals surface area contributed by atoms with Gasteiger partial charge in [-0.05, 0) is 30.4 Å². The Labute approximate surface area is 158 Å². The number of carbonyl (C=O) groups is 1. The van der Waals surface area contributed by atoms with Crippen LogP contribution in [-0.4, -0.2) is 42.1 Å². The van der Waals surface area contributed by atoms with Gasteiger partial charge in [-0.3, -0.25) is 4.79 Å². The smallest absolute Gasteiger partial charge is 0.254 e. The number of nitrogens with zero attached hydrogens (tertiary/aromatic N) is 4. The summed E-state index contributed by atoms with van der Waals surface area (Å²) in [6.45, 7) is 0.332. The molecule has 3 aromatic rings. The van der Waals surface area contributed by atoms with Crippen LogP contribution >= 0.6 is 0 Å². The minimum absolute atomic E-state index is 0.0495. The maximum atomic E-state index is 13.1. The maximum Gasteiger partial charge on any atom is 0.254 e. The van der Waals surface area contributed by atoms with Gasteiger partial charge in [-0.2, -0.15) is 4.98 Å². The summed E-state index contributed by atoms with van der Waals surface area (Å²) in [5, 5.41) is 6.06. The molecule has 0 aliphatic heterocycles. The van der Waals surface area contributed by atoms with Crippen molar-refractivity contribution >= 4 is 22.4 Å². The molecule has 0 atom stereocenters. The Balaban J connectivity index is 1.58. The normalized spacial score (nSPS) is 14.2. The van der Waals surface area contributed by atoms with Gasteiger partial charge in [-0.25, -0.2) is 0 Å². The summed E-state index contributed by atoms with van der Waals surface area (Å²) < 4.78 is 5.36. The standard InChI is InChI=1S/C21H24N4O2/c1-24(2)18-12-11-17(15-9-4-5-10-16(15)18)21(26)25(3)13-19-22-20(27-23-19)14-7-6-8-14/h4-5,9-12,14H,6-8,13H2,1-3H3. The highest BCUT2D eigenvalue weighted by Crippen LogP contribution is 2.35. The molecule has 140 valence electrons. The molecular formula is C21H24N4O2. The highest BCUT2D eigenvalue weighted by Gasteiger charge is 2.26. The number of anilines is 1. The molecule has 1 aliphatic carbocycles. The van der Waals surface area contributed by atoms with E-state index in [0.717, 1.165) is 29.3 Å². The molecule has 0 spiro atoms. The summed E-state index contributed by atoms with van der Waals surface area (Å²) in [7, 11) is 5.78. The van der Waals surface area contributed by atoms with Crippen LogP contribution in [0.3, 0.4) is 0 Å². The average molecular weight is 364 g/mol. The fraction of sp³-hybridized carbons (Fsp3) is 0.381. The van der Waals surface area contributed by atoms with Gasteiger partial charge in [0.25, 0.3) is 5.91 Å². The fourth-order valence-corrected chi connectivity index (χ4v) is 3.50. The minimum Gasteiger partial charge on any atom is -0.377 e. The molecule has 1 aliphatic rings. The number of amides is 1. The monoisotopic (exact) mass is 364 g/mol. The molecule has 0 bridgehead atoms. The predicted molar refractivity (Wildman–Crippen MR) is 105 cm³/mol. The van der Waals surface area contributed by atoms with Crippen molar-refractivity contribution in [1.29, 1.82) is 0 Å². The van der Waals surface area contributed by atoms with Crippen molar-refractivity contribution < 1.29 is 9.32 Å². The first-order valence-corrected chi connectivity index (χ1v) is 9.31. The van der Waals surface area contributed by atoms with E-state index in [4.69, 9.17) is 4.52 Å². The predicted octanol–water partition coefficient (Wildman–Crippen LogP) is 3.83. The molecule has 2 aromatic carbocycles. The number of aromatic nitrogens is 2. The van der Waals surface area contributed by atoms with Crippen molar-refractivity contribution in [2.75, 3.05) is 26.0 Å². The minimum atomic E-state index is -0.0495. The highest BCUT2D eigenvalue weighted by molar-refractivity contribution is 6.10. The Morgan fingerprint density at radius 1 is 1.11 bits per heavy atom. The van der Waals surface area contributed by atoms with Crippen LogP contribution in [0.15, 0.2) is 40.9 Å². The van der Waals surface area contributed by atoms with E-state index < -0.39 is 0 Å². The molecular weight excluding hydrogens is 340 g/mol. The highest BCUT2D eigenvalue weighted by atomic mass is 16.5. The lowest BCUT2D eigenvalue weighted by atomic mass is 9.85. The fourth-order valence-electron chi connectivity index (χ4n) is 3.50. The number of fused-ring (bicyclic) bond motifs is 1. The first kappa shape index (κ1) is 17.5. The Bertz CT molecular complexity index is 975. The molecule has 4 rings (SSSR count). The van der Waals surface area contributed by atoms with Crippen LogP contribution in [-0.2, 0) is 6.54 Å².